The van der Waals surface area contributed by atoms with Crippen LogP contribution in [0.3, 0.4) is 0 Å². The molecule has 0 amide bonds. The number of aryl methyl sites for hydroxylation is 1. The van der Waals surface area contributed by atoms with Crippen molar-refractivity contribution in [2.24, 2.45) is 0 Å². The van der Waals surface area contributed by atoms with Crippen molar-refractivity contribution in [2.75, 3.05) is 0 Å². The molecule has 2 rings (SSSR count). The van der Waals surface area contributed by atoms with Crippen LogP contribution < -0.4 is 0 Å². The molecule has 0 aliphatic rings. The zero-order chi connectivity index (χ0) is 12.4. The third-order valence-corrected chi connectivity index (χ3v) is 2.94. The van der Waals surface area contributed by atoms with Gasteiger partial charge in [-0.15, -0.1) is 5.10 Å². The molecule has 0 aliphatic heterocycles. The highest BCUT2D eigenvalue weighted by Gasteiger charge is 2.15. The minimum atomic E-state index is -0.990. The summed E-state index contributed by atoms with van der Waals surface area (Å²) in [5.41, 5.74) is 0.679. The average molecular weight is 344 g/mol. The molecule has 0 aliphatic carbocycles. The monoisotopic (exact) mass is 344 g/mol. The molecule has 0 saturated heterocycles. The molecule has 88 valence electrons. The Hall–Kier alpha value is -1.51. The molecule has 1 heterocycles. The van der Waals surface area contributed by atoms with Crippen LogP contribution in [0, 0.1) is 3.57 Å². The molecule has 6 nitrogen and oxygen atoms in total. The van der Waals surface area contributed by atoms with Crippen LogP contribution in [0.25, 0.3) is 5.69 Å². The van der Waals surface area contributed by atoms with Crippen molar-refractivity contribution in [1.82, 2.24) is 20.2 Å². The lowest BCUT2D eigenvalue weighted by Gasteiger charge is -2.07. The number of rotatable bonds is 3. The van der Waals surface area contributed by atoms with Gasteiger partial charge in [-0.1, -0.05) is 6.92 Å². The smallest absolute Gasteiger partial charge is 0.337 e. The standard InChI is InChI=1S/C10H9IN4O2/c1-2-9-12-13-14-15(9)8-4-3-6(11)5-7(8)10(16)17/h3-5H,2H2,1H3,(H,16,17). The number of carboxylic acids is 1. The number of carboxylic acid groups (broad SMARTS) is 1. The number of nitrogens with zero attached hydrogens (tertiary/aromatic N) is 4. The third kappa shape index (κ3) is 2.28. The second-order valence-corrected chi connectivity index (χ2v) is 4.57. The van der Waals surface area contributed by atoms with Crippen molar-refractivity contribution in [3.05, 3.63) is 33.2 Å². The van der Waals surface area contributed by atoms with E-state index in [1.54, 1.807) is 12.1 Å². The summed E-state index contributed by atoms with van der Waals surface area (Å²) in [4.78, 5) is 11.2. The fourth-order valence-electron chi connectivity index (χ4n) is 1.48. The normalized spacial score (nSPS) is 10.5. The first-order valence-corrected chi connectivity index (χ1v) is 6.01. The Labute approximate surface area is 111 Å². The Morgan fingerprint density at radius 3 is 2.94 bits per heavy atom. The Kier molecular flexibility index (Phi) is 3.36. The molecule has 17 heavy (non-hydrogen) atoms. The summed E-state index contributed by atoms with van der Waals surface area (Å²) in [5, 5.41) is 20.4. The summed E-state index contributed by atoms with van der Waals surface area (Å²) in [5.74, 6) is -0.357. The summed E-state index contributed by atoms with van der Waals surface area (Å²) in [7, 11) is 0. The van der Waals surface area contributed by atoms with Gasteiger partial charge in [0, 0.05) is 9.99 Å². The SMILES string of the molecule is CCc1nnnn1-c1ccc(I)cc1C(=O)O. The molecule has 0 radical (unpaired) electrons. The summed E-state index contributed by atoms with van der Waals surface area (Å²) < 4.78 is 2.31. The molecular formula is C10H9IN4O2. The number of carbonyl (C=O) groups is 1. The molecule has 0 atom stereocenters. The number of aromatic nitrogens is 4. The number of hydrogen-bond acceptors (Lipinski definition) is 4. The summed E-state index contributed by atoms with van der Waals surface area (Å²) in [6.45, 7) is 1.91. The molecular weight excluding hydrogens is 335 g/mol. The van der Waals surface area contributed by atoms with Gasteiger partial charge in [0.1, 0.15) is 0 Å². The first kappa shape index (κ1) is 12.0. The summed E-state index contributed by atoms with van der Waals surface area (Å²) >= 11 is 2.07. The first-order chi connectivity index (χ1) is 8.13. The van der Waals surface area contributed by atoms with Gasteiger partial charge in [0.05, 0.1) is 11.3 Å². The van der Waals surface area contributed by atoms with E-state index in [-0.39, 0.29) is 5.56 Å². The molecule has 1 N–H and O–H groups in total. The second kappa shape index (κ2) is 4.78. The fraction of sp³-hybridized carbons (Fsp3) is 0.200. The van der Waals surface area contributed by atoms with Crippen molar-refractivity contribution in [3.63, 3.8) is 0 Å². The zero-order valence-electron chi connectivity index (χ0n) is 8.96. The predicted molar refractivity (Wildman–Crippen MR) is 68.2 cm³/mol. The lowest BCUT2D eigenvalue weighted by Crippen LogP contribution is -2.09. The van der Waals surface area contributed by atoms with E-state index in [9.17, 15) is 4.79 Å². The van der Waals surface area contributed by atoms with Crippen LogP contribution in [0.15, 0.2) is 18.2 Å². The molecule has 0 fully saturated rings. The number of benzene rings is 1. The van der Waals surface area contributed by atoms with Gasteiger partial charge in [0.2, 0.25) is 0 Å². The van der Waals surface area contributed by atoms with Crippen LogP contribution in [-0.4, -0.2) is 31.3 Å². The van der Waals surface area contributed by atoms with E-state index < -0.39 is 5.97 Å². The van der Waals surface area contributed by atoms with E-state index >= 15 is 0 Å². The zero-order valence-corrected chi connectivity index (χ0v) is 11.1. The van der Waals surface area contributed by atoms with Crippen LogP contribution in [-0.2, 0) is 6.42 Å². The van der Waals surface area contributed by atoms with Gasteiger partial charge < -0.3 is 5.11 Å². The summed E-state index contributed by atoms with van der Waals surface area (Å²) in [6, 6.07) is 5.13. The molecule has 0 saturated carbocycles. The number of aromatic carboxylic acids is 1. The highest BCUT2D eigenvalue weighted by molar-refractivity contribution is 14.1. The molecule has 2 aromatic rings. The highest BCUT2D eigenvalue weighted by atomic mass is 127. The number of hydrogen-bond donors (Lipinski definition) is 1. The quantitative estimate of drug-likeness (QED) is 0.854. The first-order valence-electron chi connectivity index (χ1n) is 4.94. The number of halogens is 1. The third-order valence-electron chi connectivity index (χ3n) is 2.27. The summed E-state index contributed by atoms with van der Waals surface area (Å²) in [6.07, 6.45) is 0.637. The van der Waals surface area contributed by atoms with Gasteiger partial charge in [-0.2, -0.15) is 4.68 Å². The van der Waals surface area contributed by atoms with E-state index in [0.717, 1.165) is 3.57 Å². The van der Waals surface area contributed by atoms with Crippen LogP contribution in [0.2, 0.25) is 0 Å². The van der Waals surface area contributed by atoms with Gasteiger partial charge >= 0.3 is 5.97 Å². The van der Waals surface area contributed by atoms with Crippen LogP contribution >= 0.6 is 22.6 Å². The molecule has 1 aromatic carbocycles. The Morgan fingerprint density at radius 1 is 1.53 bits per heavy atom. The molecule has 7 heteroatoms. The van der Waals surface area contributed by atoms with Crippen molar-refractivity contribution in [2.45, 2.75) is 13.3 Å². The molecule has 0 bridgehead atoms. The average Bonchev–Trinajstić information content (AvgIpc) is 2.76. The van der Waals surface area contributed by atoms with Crippen molar-refractivity contribution >= 4 is 28.6 Å². The fourth-order valence-corrected chi connectivity index (χ4v) is 1.97. The van der Waals surface area contributed by atoms with Crippen molar-refractivity contribution in [3.8, 4) is 5.69 Å². The predicted octanol–water partition coefficient (Wildman–Crippen LogP) is 1.53. The molecule has 0 unspecified atom stereocenters. The lowest BCUT2D eigenvalue weighted by atomic mass is 10.2. The number of tetrazole rings is 1. The van der Waals surface area contributed by atoms with Crippen LogP contribution in [0.4, 0.5) is 0 Å². The topological polar surface area (TPSA) is 80.9 Å². The second-order valence-electron chi connectivity index (χ2n) is 3.33. The lowest BCUT2D eigenvalue weighted by molar-refractivity contribution is 0.0696. The minimum Gasteiger partial charge on any atom is -0.478 e. The highest BCUT2D eigenvalue weighted by Crippen LogP contribution is 2.18. The van der Waals surface area contributed by atoms with E-state index in [2.05, 4.69) is 38.1 Å². The maximum Gasteiger partial charge on any atom is 0.337 e. The maximum absolute atomic E-state index is 11.2. The Morgan fingerprint density at radius 2 is 2.29 bits per heavy atom. The van der Waals surface area contributed by atoms with E-state index in [1.165, 1.54) is 4.68 Å². The maximum atomic E-state index is 11.2. The van der Waals surface area contributed by atoms with Crippen molar-refractivity contribution in [1.29, 1.82) is 0 Å². The van der Waals surface area contributed by atoms with Crippen LogP contribution in [0.1, 0.15) is 23.1 Å². The van der Waals surface area contributed by atoms with Crippen LogP contribution in [0.5, 0.6) is 0 Å². The Bertz CT molecular complexity index is 567. The van der Waals surface area contributed by atoms with Crippen molar-refractivity contribution < 1.29 is 9.90 Å². The van der Waals surface area contributed by atoms with Gasteiger partial charge in [0.25, 0.3) is 0 Å². The van der Waals surface area contributed by atoms with Gasteiger partial charge in [-0.05, 0) is 51.2 Å². The van der Waals surface area contributed by atoms with E-state index in [0.29, 0.717) is 17.9 Å². The van der Waals surface area contributed by atoms with E-state index in [4.69, 9.17) is 5.11 Å². The largest absolute Gasteiger partial charge is 0.478 e. The van der Waals surface area contributed by atoms with E-state index in [1.807, 2.05) is 13.0 Å². The molecule has 1 aromatic heterocycles. The van der Waals surface area contributed by atoms with Gasteiger partial charge in [-0.3, -0.25) is 0 Å². The van der Waals surface area contributed by atoms with Gasteiger partial charge in [-0.25, -0.2) is 4.79 Å². The molecule has 0 spiro atoms. The Balaban J connectivity index is 2.63. The van der Waals surface area contributed by atoms with Gasteiger partial charge in [0.15, 0.2) is 5.82 Å². The minimum absolute atomic E-state index is 0.193.